The van der Waals surface area contributed by atoms with E-state index in [4.69, 9.17) is 0 Å². The minimum atomic E-state index is -0.322. The van der Waals surface area contributed by atoms with E-state index in [0.29, 0.717) is 11.2 Å². The molecule has 0 atom stereocenters. The zero-order chi connectivity index (χ0) is 7.84. The van der Waals surface area contributed by atoms with Crippen LogP contribution in [0.3, 0.4) is 0 Å². The summed E-state index contributed by atoms with van der Waals surface area (Å²) in [4.78, 5) is 21.1. The largest absolute Gasteiger partial charge is 0.330 e. The van der Waals surface area contributed by atoms with Gasteiger partial charge in [-0.3, -0.25) is 4.79 Å². The summed E-state index contributed by atoms with van der Waals surface area (Å²) >= 11 is 3.16. The molecule has 0 aliphatic rings. The summed E-state index contributed by atoms with van der Waals surface area (Å²) in [5.41, 5.74) is 0.631. The number of aromatic nitrogens is 4. The van der Waals surface area contributed by atoms with Gasteiger partial charge in [0.2, 0.25) is 0 Å². The third-order valence-corrected chi connectivity index (χ3v) is 1.85. The molecule has 5 nitrogen and oxygen atoms in total. The summed E-state index contributed by atoms with van der Waals surface area (Å²) in [7, 11) is 0. The number of rotatable bonds is 0. The first-order valence-electron chi connectivity index (χ1n) is 2.86. The van der Waals surface area contributed by atoms with Gasteiger partial charge in [0.05, 0.1) is 22.5 Å². The van der Waals surface area contributed by atoms with Crippen molar-refractivity contribution < 1.29 is 0 Å². The van der Waals surface area contributed by atoms with Crippen molar-refractivity contribution in [1.29, 1.82) is 0 Å². The molecule has 2 rings (SSSR count). The first-order chi connectivity index (χ1) is 5.29. The summed E-state index contributed by atoms with van der Waals surface area (Å²) in [5, 5.41) is 0. The molecular formula is C5H3BrN4O. The number of hydrogen-bond acceptors (Lipinski definition) is 3. The minimum absolute atomic E-state index is 0.322. The van der Waals surface area contributed by atoms with E-state index < -0.39 is 0 Å². The molecule has 2 aromatic heterocycles. The predicted octanol–water partition coefficient (Wildman–Crippen LogP) is 0.278. The second-order valence-electron chi connectivity index (χ2n) is 1.96. The lowest BCUT2D eigenvalue weighted by molar-refractivity contribution is 1.15. The molecule has 0 aliphatic heterocycles. The van der Waals surface area contributed by atoms with Crippen molar-refractivity contribution in [3.63, 3.8) is 0 Å². The molecule has 0 aliphatic carbocycles. The normalized spacial score (nSPS) is 10.6. The molecule has 6 heteroatoms. The zero-order valence-electron chi connectivity index (χ0n) is 5.28. The number of nitrogens with zero attached hydrogens (tertiary/aromatic N) is 3. The van der Waals surface area contributed by atoms with Crippen molar-refractivity contribution in [2.24, 2.45) is 0 Å². The summed E-state index contributed by atoms with van der Waals surface area (Å²) in [6.45, 7) is 0. The van der Waals surface area contributed by atoms with E-state index in [2.05, 4.69) is 31.1 Å². The van der Waals surface area contributed by atoms with E-state index >= 15 is 0 Å². The lowest BCUT2D eigenvalue weighted by Gasteiger charge is -1.87. The average Bonchev–Trinajstić information content (AvgIpc) is 2.35. The van der Waals surface area contributed by atoms with Crippen molar-refractivity contribution in [3.8, 4) is 0 Å². The van der Waals surface area contributed by atoms with Gasteiger partial charge in [0, 0.05) is 0 Å². The Morgan fingerprint density at radius 2 is 2.36 bits per heavy atom. The van der Waals surface area contributed by atoms with E-state index in [9.17, 15) is 4.79 Å². The molecule has 56 valence electrons. The van der Waals surface area contributed by atoms with Crippen molar-refractivity contribution >= 4 is 27.3 Å². The highest BCUT2D eigenvalue weighted by atomic mass is 79.9. The van der Waals surface area contributed by atoms with E-state index in [0.717, 1.165) is 0 Å². The zero-order valence-corrected chi connectivity index (χ0v) is 6.87. The SMILES string of the molecule is O=c1nc[nH]c2c1ncn2Br. The second kappa shape index (κ2) is 2.16. The Morgan fingerprint density at radius 1 is 1.55 bits per heavy atom. The van der Waals surface area contributed by atoms with Crippen LogP contribution in [0.4, 0.5) is 0 Å². The molecule has 0 radical (unpaired) electrons. The van der Waals surface area contributed by atoms with Crippen molar-refractivity contribution in [1.82, 2.24) is 18.5 Å². The number of H-pyrrole nitrogens is 1. The van der Waals surface area contributed by atoms with Crippen LogP contribution >= 0.6 is 16.1 Å². The maximum absolute atomic E-state index is 11.0. The molecule has 0 fully saturated rings. The van der Waals surface area contributed by atoms with Crippen LogP contribution in [-0.4, -0.2) is 18.5 Å². The molecule has 0 saturated heterocycles. The van der Waals surface area contributed by atoms with Gasteiger partial charge in [-0.25, -0.2) is 8.58 Å². The van der Waals surface area contributed by atoms with Crippen LogP contribution in [0.5, 0.6) is 0 Å². The number of aromatic amines is 1. The Labute approximate surface area is 69.4 Å². The first kappa shape index (κ1) is 6.53. The topological polar surface area (TPSA) is 63.6 Å². The van der Waals surface area contributed by atoms with Gasteiger partial charge in [-0.2, -0.15) is 4.98 Å². The molecular weight excluding hydrogens is 212 g/mol. The second-order valence-corrected chi connectivity index (χ2v) is 2.72. The van der Waals surface area contributed by atoms with E-state index in [1.807, 2.05) is 0 Å². The monoisotopic (exact) mass is 214 g/mol. The van der Waals surface area contributed by atoms with Crippen LogP contribution in [0.2, 0.25) is 0 Å². The maximum atomic E-state index is 11.0. The lowest BCUT2D eigenvalue weighted by atomic mass is 10.6. The van der Waals surface area contributed by atoms with E-state index in [1.54, 1.807) is 3.59 Å². The van der Waals surface area contributed by atoms with Gasteiger partial charge in [0.1, 0.15) is 6.33 Å². The summed E-state index contributed by atoms with van der Waals surface area (Å²) in [5.74, 6) is 0. The van der Waals surface area contributed by atoms with Gasteiger partial charge in [-0.05, 0) is 0 Å². The first-order valence-corrected chi connectivity index (χ1v) is 3.57. The number of fused-ring (bicyclic) bond motifs is 1. The Hall–Kier alpha value is -1.17. The van der Waals surface area contributed by atoms with Crippen LogP contribution in [0.15, 0.2) is 17.4 Å². The molecule has 0 spiro atoms. The van der Waals surface area contributed by atoms with E-state index in [-0.39, 0.29) is 5.56 Å². The van der Waals surface area contributed by atoms with Crippen molar-refractivity contribution in [3.05, 3.63) is 23.0 Å². The number of hydrogen-bond donors (Lipinski definition) is 1. The van der Waals surface area contributed by atoms with Gasteiger partial charge in [0.25, 0.3) is 0 Å². The highest BCUT2D eigenvalue weighted by molar-refractivity contribution is 9.08. The molecule has 0 unspecified atom stereocenters. The van der Waals surface area contributed by atoms with E-state index in [1.165, 1.54) is 12.7 Å². The molecule has 11 heavy (non-hydrogen) atoms. The molecule has 0 bridgehead atoms. The highest BCUT2D eigenvalue weighted by Crippen LogP contribution is 2.05. The predicted molar refractivity (Wildman–Crippen MR) is 42.5 cm³/mol. The molecule has 0 amide bonds. The average molecular weight is 215 g/mol. The number of imidazole rings is 1. The number of halogens is 1. The quantitative estimate of drug-likeness (QED) is 0.686. The molecule has 1 N–H and O–H groups in total. The van der Waals surface area contributed by atoms with Gasteiger partial charge < -0.3 is 4.98 Å². The van der Waals surface area contributed by atoms with Gasteiger partial charge in [-0.15, -0.1) is 0 Å². The Kier molecular flexibility index (Phi) is 1.28. The number of nitrogens with one attached hydrogen (secondary N) is 1. The third kappa shape index (κ3) is 0.864. The van der Waals surface area contributed by atoms with Crippen LogP contribution in [0.25, 0.3) is 11.2 Å². The van der Waals surface area contributed by atoms with Crippen molar-refractivity contribution in [2.75, 3.05) is 0 Å². The van der Waals surface area contributed by atoms with Gasteiger partial charge in [0.15, 0.2) is 11.2 Å². The van der Waals surface area contributed by atoms with Crippen LogP contribution in [0, 0.1) is 0 Å². The summed E-state index contributed by atoms with van der Waals surface area (Å²) in [6.07, 6.45) is 2.83. The molecule has 0 saturated carbocycles. The Balaban J connectivity index is 3.06. The fourth-order valence-electron chi connectivity index (χ4n) is 0.828. The summed E-state index contributed by atoms with van der Waals surface area (Å²) in [6, 6.07) is 0. The molecule has 2 heterocycles. The molecule has 0 aromatic carbocycles. The van der Waals surface area contributed by atoms with Gasteiger partial charge in [-0.1, -0.05) is 0 Å². The third-order valence-electron chi connectivity index (χ3n) is 1.31. The van der Waals surface area contributed by atoms with Gasteiger partial charge >= 0.3 is 5.56 Å². The fraction of sp³-hybridized carbons (Fsp3) is 0. The smallest absolute Gasteiger partial charge is 0.300 e. The van der Waals surface area contributed by atoms with Crippen LogP contribution in [-0.2, 0) is 0 Å². The Bertz CT molecular complexity index is 445. The van der Waals surface area contributed by atoms with Crippen LogP contribution < -0.4 is 5.56 Å². The Morgan fingerprint density at radius 3 is 3.09 bits per heavy atom. The van der Waals surface area contributed by atoms with Crippen molar-refractivity contribution in [2.45, 2.75) is 0 Å². The lowest BCUT2D eigenvalue weighted by Crippen LogP contribution is -2.05. The maximum Gasteiger partial charge on any atom is 0.300 e. The fourth-order valence-corrected chi connectivity index (χ4v) is 1.19. The standard InChI is InChI=1S/C5H3BrN4O/c6-10-2-9-3-4(10)7-1-8-5(3)11/h1-2H,(H,7,8,11). The van der Waals surface area contributed by atoms with Crippen LogP contribution in [0.1, 0.15) is 0 Å². The molecule has 2 aromatic rings. The summed E-state index contributed by atoms with van der Waals surface area (Å²) < 4.78 is 1.55. The highest BCUT2D eigenvalue weighted by Gasteiger charge is 2.03. The minimum Gasteiger partial charge on any atom is -0.330 e.